The summed E-state index contributed by atoms with van der Waals surface area (Å²) in [6.45, 7) is 5.42. The first-order valence-corrected chi connectivity index (χ1v) is 6.64. The summed E-state index contributed by atoms with van der Waals surface area (Å²) in [5, 5.41) is 4.14. The van der Waals surface area contributed by atoms with Crippen molar-refractivity contribution in [1.82, 2.24) is 14.7 Å². The maximum atomic E-state index is 12.5. The maximum absolute atomic E-state index is 12.5. The number of carbonyl (C=O) groups excluding carboxylic acids is 1. The molecule has 0 spiro atoms. The van der Waals surface area contributed by atoms with Crippen molar-refractivity contribution in [3.63, 3.8) is 0 Å². The third-order valence-electron chi connectivity index (χ3n) is 3.92. The lowest BCUT2D eigenvalue weighted by atomic mass is 9.90. The second-order valence-corrected chi connectivity index (χ2v) is 5.12. The Kier molecular flexibility index (Phi) is 4.01. The Morgan fingerprint density at radius 3 is 3.00 bits per heavy atom. The fourth-order valence-electron chi connectivity index (χ4n) is 2.75. The van der Waals surface area contributed by atoms with E-state index >= 15 is 0 Å². The van der Waals surface area contributed by atoms with Gasteiger partial charge in [-0.05, 0) is 31.7 Å². The molecule has 1 aromatic heterocycles. The van der Waals surface area contributed by atoms with Crippen LogP contribution in [0, 0.1) is 5.92 Å². The van der Waals surface area contributed by atoms with Crippen LogP contribution in [0.2, 0.25) is 0 Å². The van der Waals surface area contributed by atoms with E-state index < -0.39 is 0 Å². The minimum atomic E-state index is -0.251. The molecule has 1 fully saturated rings. The van der Waals surface area contributed by atoms with Crippen molar-refractivity contribution in [2.75, 3.05) is 13.1 Å². The molecule has 0 radical (unpaired) electrons. The number of carbonyl (C=O) groups is 1. The van der Waals surface area contributed by atoms with E-state index in [0.29, 0.717) is 12.5 Å². The molecule has 2 rings (SSSR count). The Bertz CT molecular complexity index is 390. The highest BCUT2D eigenvalue weighted by Gasteiger charge is 2.33. The van der Waals surface area contributed by atoms with Crippen LogP contribution in [-0.2, 0) is 4.79 Å². The summed E-state index contributed by atoms with van der Waals surface area (Å²) < 4.78 is 1.70. The van der Waals surface area contributed by atoms with Crippen LogP contribution in [0.1, 0.15) is 32.7 Å². The molecule has 5 nitrogen and oxygen atoms in total. The molecule has 0 saturated carbocycles. The summed E-state index contributed by atoms with van der Waals surface area (Å²) in [6.07, 6.45) is 5.74. The van der Waals surface area contributed by atoms with Gasteiger partial charge in [0.15, 0.2) is 0 Å². The van der Waals surface area contributed by atoms with E-state index in [1.807, 2.05) is 24.1 Å². The molecule has 18 heavy (non-hydrogen) atoms. The van der Waals surface area contributed by atoms with Crippen molar-refractivity contribution < 1.29 is 4.79 Å². The predicted octanol–water partition coefficient (Wildman–Crippen LogP) is 1.03. The van der Waals surface area contributed by atoms with Gasteiger partial charge < -0.3 is 10.6 Å². The minimum Gasteiger partial charge on any atom is -0.336 e. The zero-order valence-electron chi connectivity index (χ0n) is 11.1. The van der Waals surface area contributed by atoms with Gasteiger partial charge in [0.05, 0.1) is 0 Å². The lowest BCUT2D eigenvalue weighted by molar-refractivity contribution is -0.139. The highest BCUT2D eigenvalue weighted by Crippen LogP contribution is 2.24. The molecular weight excluding hydrogens is 228 g/mol. The van der Waals surface area contributed by atoms with E-state index in [-0.39, 0.29) is 18.0 Å². The molecule has 1 aliphatic rings. The zero-order valence-corrected chi connectivity index (χ0v) is 11.1. The van der Waals surface area contributed by atoms with Gasteiger partial charge in [-0.2, -0.15) is 5.10 Å². The number of amides is 1. The summed E-state index contributed by atoms with van der Waals surface area (Å²) in [4.78, 5) is 14.5. The Morgan fingerprint density at radius 1 is 1.61 bits per heavy atom. The first kappa shape index (κ1) is 13.1. The third-order valence-corrected chi connectivity index (χ3v) is 3.92. The average Bonchev–Trinajstić information content (AvgIpc) is 2.90. The normalized spacial score (nSPS) is 26.1. The minimum absolute atomic E-state index is 0.126. The van der Waals surface area contributed by atoms with Gasteiger partial charge in [-0.1, -0.05) is 6.92 Å². The summed E-state index contributed by atoms with van der Waals surface area (Å²) in [5.41, 5.74) is 5.82. The highest BCUT2D eigenvalue weighted by atomic mass is 16.2. The molecule has 0 aliphatic carbocycles. The standard InChI is InChI=1S/C13H22N4O/c1-10-5-3-7-16(12(10)9-14)13(18)11(2)17-8-4-6-15-17/h4,6,8,10-12H,3,5,7,9,14H2,1-2H3. The Labute approximate surface area is 108 Å². The van der Waals surface area contributed by atoms with Crippen LogP contribution in [0.25, 0.3) is 0 Å². The van der Waals surface area contributed by atoms with Gasteiger partial charge in [0, 0.05) is 31.5 Å². The van der Waals surface area contributed by atoms with Gasteiger partial charge in [0.25, 0.3) is 0 Å². The van der Waals surface area contributed by atoms with Gasteiger partial charge >= 0.3 is 0 Å². The summed E-state index contributed by atoms with van der Waals surface area (Å²) >= 11 is 0. The molecule has 3 atom stereocenters. The Balaban J connectivity index is 2.12. The van der Waals surface area contributed by atoms with Gasteiger partial charge in [0.1, 0.15) is 6.04 Å². The smallest absolute Gasteiger partial charge is 0.247 e. The second-order valence-electron chi connectivity index (χ2n) is 5.12. The quantitative estimate of drug-likeness (QED) is 0.871. The van der Waals surface area contributed by atoms with Gasteiger partial charge in [0.2, 0.25) is 5.91 Å². The second kappa shape index (κ2) is 5.52. The molecule has 3 unspecified atom stereocenters. The van der Waals surface area contributed by atoms with E-state index in [2.05, 4.69) is 12.0 Å². The number of aromatic nitrogens is 2. The number of hydrogen-bond acceptors (Lipinski definition) is 3. The number of nitrogens with two attached hydrogens (primary N) is 1. The van der Waals surface area contributed by atoms with Crippen LogP contribution >= 0.6 is 0 Å². The lowest BCUT2D eigenvalue weighted by Crippen LogP contribution is -2.53. The van der Waals surface area contributed by atoms with Gasteiger partial charge in [-0.15, -0.1) is 0 Å². The summed E-state index contributed by atoms with van der Waals surface area (Å²) in [5.74, 6) is 0.609. The van der Waals surface area contributed by atoms with E-state index in [0.717, 1.165) is 19.4 Å². The first-order valence-electron chi connectivity index (χ1n) is 6.64. The predicted molar refractivity (Wildman–Crippen MR) is 69.9 cm³/mol. The SMILES string of the molecule is CC1CCCN(C(=O)C(C)n2cccn2)C1CN. The maximum Gasteiger partial charge on any atom is 0.247 e. The number of nitrogens with zero attached hydrogens (tertiary/aromatic N) is 3. The van der Waals surface area contributed by atoms with Crippen molar-refractivity contribution in [2.24, 2.45) is 11.7 Å². The van der Waals surface area contributed by atoms with Crippen molar-refractivity contribution in [3.05, 3.63) is 18.5 Å². The van der Waals surface area contributed by atoms with Crippen LogP contribution in [0.15, 0.2) is 18.5 Å². The fourth-order valence-corrected chi connectivity index (χ4v) is 2.75. The molecule has 2 heterocycles. The van der Waals surface area contributed by atoms with Crippen LogP contribution in [-0.4, -0.2) is 39.7 Å². The van der Waals surface area contributed by atoms with E-state index in [9.17, 15) is 4.79 Å². The summed E-state index contributed by atoms with van der Waals surface area (Å²) in [6, 6.07) is 1.76. The molecule has 1 saturated heterocycles. The van der Waals surface area contributed by atoms with Crippen molar-refractivity contribution in [2.45, 2.75) is 38.8 Å². The molecule has 100 valence electrons. The first-order chi connectivity index (χ1) is 8.65. The van der Waals surface area contributed by atoms with E-state index in [1.165, 1.54) is 0 Å². The Morgan fingerprint density at radius 2 is 2.39 bits per heavy atom. The average molecular weight is 250 g/mol. The molecule has 0 bridgehead atoms. The number of hydrogen-bond donors (Lipinski definition) is 1. The molecular formula is C13H22N4O. The molecule has 1 aromatic rings. The number of rotatable bonds is 3. The lowest BCUT2D eigenvalue weighted by Gasteiger charge is -2.40. The largest absolute Gasteiger partial charge is 0.336 e. The van der Waals surface area contributed by atoms with Gasteiger partial charge in [-0.3, -0.25) is 9.48 Å². The van der Waals surface area contributed by atoms with Crippen LogP contribution in [0.3, 0.4) is 0 Å². The van der Waals surface area contributed by atoms with E-state index in [4.69, 9.17) is 5.73 Å². The molecule has 2 N–H and O–H groups in total. The molecule has 0 aromatic carbocycles. The van der Waals surface area contributed by atoms with Crippen LogP contribution in [0.4, 0.5) is 0 Å². The topological polar surface area (TPSA) is 64.2 Å². The zero-order chi connectivity index (χ0) is 13.1. The molecule has 5 heteroatoms. The molecule has 1 amide bonds. The number of piperidine rings is 1. The third kappa shape index (κ3) is 2.41. The molecule has 1 aliphatic heterocycles. The van der Waals surface area contributed by atoms with Crippen LogP contribution in [0.5, 0.6) is 0 Å². The van der Waals surface area contributed by atoms with Crippen LogP contribution < -0.4 is 5.73 Å². The highest BCUT2D eigenvalue weighted by molar-refractivity contribution is 5.80. The van der Waals surface area contributed by atoms with Crippen molar-refractivity contribution in [1.29, 1.82) is 0 Å². The van der Waals surface area contributed by atoms with Crippen molar-refractivity contribution in [3.8, 4) is 0 Å². The number of likely N-dealkylation sites (tertiary alicyclic amines) is 1. The summed E-state index contributed by atoms with van der Waals surface area (Å²) in [7, 11) is 0. The monoisotopic (exact) mass is 250 g/mol. The Hall–Kier alpha value is -1.36. The van der Waals surface area contributed by atoms with Crippen molar-refractivity contribution >= 4 is 5.91 Å². The van der Waals surface area contributed by atoms with Gasteiger partial charge in [-0.25, -0.2) is 0 Å². The van der Waals surface area contributed by atoms with E-state index in [1.54, 1.807) is 10.9 Å². The fraction of sp³-hybridized carbons (Fsp3) is 0.692.